The molecule has 4 aromatic carbocycles. The van der Waals surface area contributed by atoms with Crippen molar-refractivity contribution in [3.63, 3.8) is 0 Å². The van der Waals surface area contributed by atoms with E-state index in [0.29, 0.717) is 0 Å². The summed E-state index contributed by atoms with van der Waals surface area (Å²) in [6.45, 7) is 10.0. The van der Waals surface area contributed by atoms with Gasteiger partial charge in [0, 0.05) is 37.9 Å². The van der Waals surface area contributed by atoms with Gasteiger partial charge in [-0.1, -0.05) is 109 Å². The van der Waals surface area contributed by atoms with Gasteiger partial charge in [-0.05, 0) is 52.2 Å². The van der Waals surface area contributed by atoms with Crippen LogP contribution >= 0.6 is 11.3 Å². The Hall–Kier alpha value is -3.74. The molecule has 219 valence electrons. The zero-order chi connectivity index (χ0) is 29.9. The van der Waals surface area contributed by atoms with Crippen LogP contribution in [0.3, 0.4) is 0 Å². The maximum atomic E-state index is 10.0. The van der Waals surface area contributed by atoms with Crippen LogP contribution in [0.2, 0.25) is 19.6 Å². The molecule has 0 aliphatic carbocycles. The minimum Gasteiger partial charge on any atom is -0.512 e. The van der Waals surface area contributed by atoms with Gasteiger partial charge in [-0.25, -0.2) is 0 Å². The van der Waals surface area contributed by atoms with Gasteiger partial charge in [-0.3, -0.25) is 9.78 Å². The third-order valence-corrected chi connectivity index (χ3v) is 10.00. The molecule has 43 heavy (non-hydrogen) atoms. The Balaban J connectivity index is 0.000000475. The SMILES string of the molecule is CC(=O)/C=C(/C)O.C[Si](C)(C)c1ccc2c(-c3[c-]c4nc(-c5ccccc5)sc4c(-c4ccccc4)c3)nccc2c1.[Ir]. The molecule has 0 atom stereocenters. The summed E-state index contributed by atoms with van der Waals surface area (Å²) >= 11 is 1.73. The molecule has 1 N–H and O–H groups in total. The summed E-state index contributed by atoms with van der Waals surface area (Å²) in [6.07, 6.45) is 3.09. The number of carbonyl (C=O) groups excluding carboxylic acids is 1. The van der Waals surface area contributed by atoms with E-state index < -0.39 is 8.07 Å². The number of carbonyl (C=O) groups is 1. The van der Waals surface area contributed by atoms with Crippen LogP contribution in [0.5, 0.6) is 0 Å². The van der Waals surface area contributed by atoms with Crippen molar-refractivity contribution in [3.8, 4) is 33.0 Å². The molecule has 0 unspecified atom stereocenters. The van der Waals surface area contributed by atoms with E-state index in [0.717, 1.165) is 37.4 Å². The molecule has 4 nitrogen and oxygen atoms in total. The summed E-state index contributed by atoms with van der Waals surface area (Å²) in [7, 11) is -1.40. The van der Waals surface area contributed by atoms with Crippen molar-refractivity contribution in [2.75, 3.05) is 0 Å². The van der Waals surface area contributed by atoms with Gasteiger partial charge in [0.25, 0.3) is 0 Å². The third-order valence-electron chi connectivity index (χ3n) is 6.82. The second-order valence-electron chi connectivity index (χ2n) is 11.3. The van der Waals surface area contributed by atoms with Gasteiger partial charge in [0.15, 0.2) is 5.78 Å². The van der Waals surface area contributed by atoms with Crippen molar-refractivity contribution in [3.05, 3.63) is 115 Å². The van der Waals surface area contributed by atoms with Crippen molar-refractivity contribution in [2.45, 2.75) is 33.5 Å². The van der Waals surface area contributed by atoms with Crippen LogP contribution < -0.4 is 5.19 Å². The predicted molar refractivity (Wildman–Crippen MR) is 180 cm³/mol. The molecule has 0 saturated heterocycles. The molecule has 6 aromatic rings. The van der Waals surface area contributed by atoms with Gasteiger partial charge >= 0.3 is 0 Å². The predicted octanol–water partition coefficient (Wildman–Crippen LogP) is 9.23. The number of hydrogen-bond acceptors (Lipinski definition) is 5. The second-order valence-corrected chi connectivity index (χ2v) is 17.3. The molecule has 2 aromatic heterocycles. The molecule has 0 amide bonds. The number of nitrogens with zero attached hydrogens (tertiary/aromatic N) is 2. The van der Waals surface area contributed by atoms with Crippen LogP contribution in [0.25, 0.3) is 53.9 Å². The van der Waals surface area contributed by atoms with Crippen LogP contribution in [-0.2, 0) is 24.9 Å². The summed E-state index contributed by atoms with van der Waals surface area (Å²) in [5.74, 6) is -0.0625. The molecule has 7 heteroatoms. The van der Waals surface area contributed by atoms with Crippen molar-refractivity contribution in [1.29, 1.82) is 0 Å². The first-order valence-corrected chi connectivity index (χ1v) is 18.2. The summed E-state index contributed by atoms with van der Waals surface area (Å²) in [4.78, 5) is 19.9. The number of pyridine rings is 1. The molecule has 6 rings (SSSR count). The Kier molecular flexibility index (Phi) is 10.3. The number of benzene rings is 4. The quantitative estimate of drug-likeness (QED) is 0.0821. The van der Waals surface area contributed by atoms with Crippen LogP contribution in [0.4, 0.5) is 0 Å². The van der Waals surface area contributed by atoms with Gasteiger partial charge in [-0.15, -0.1) is 17.7 Å². The standard InChI is InChI=1S/C31H25N2SSi.C5H8O2.Ir/c1-35(2,3)25-14-15-26-23(18-25)16-17-32-29(26)24-19-27(21-10-6-4-7-11-21)30-28(20-24)33-31(34-30)22-12-8-5-9-13-22;1-4(6)3-5(2)7;/h4-19H,1-3H3;3,6H,1-2H3;/q-1;;/b;4-3-;. The summed E-state index contributed by atoms with van der Waals surface area (Å²) < 4.78 is 1.15. The Morgan fingerprint density at radius 3 is 2.12 bits per heavy atom. The minimum absolute atomic E-state index is 0. The Morgan fingerprint density at radius 2 is 1.53 bits per heavy atom. The number of fused-ring (bicyclic) bond motifs is 2. The van der Waals surface area contributed by atoms with Crippen molar-refractivity contribution >= 4 is 51.4 Å². The van der Waals surface area contributed by atoms with E-state index in [4.69, 9.17) is 15.1 Å². The molecule has 0 saturated carbocycles. The van der Waals surface area contributed by atoms with Gasteiger partial charge in [0.05, 0.1) is 13.8 Å². The van der Waals surface area contributed by atoms with Gasteiger partial charge in [0.1, 0.15) is 5.01 Å². The molecule has 1 radical (unpaired) electrons. The number of hydrogen-bond donors (Lipinski definition) is 1. The first-order chi connectivity index (χ1) is 20.1. The maximum Gasteiger partial charge on any atom is 0.155 e. The maximum absolute atomic E-state index is 10.0. The molecule has 0 spiro atoms. The van der Waals surface area contributed by atoms with Gasteiger partial charge in [-0.2, -0.15) is 11.3 Å². The van der Waals surface area contributed by atoms with Crippen LogP contribution in [-0.4, -0.2) is 28.9 Å². The first kappa shape index (κ1) is 32.2. The minimum atomic E-state index is -1.40. The fourth-order valence-corrected chi connectivity index (χ4v) is 7.01. The number of rotatable bonds is 5. The second kappa shape index (κ2) is 13.7. The smallest absolute Gasteiger partial charge is 0.155 e. The number of aromatic nitrogens is 2. The number of aliphatic hydroxyl groups is 1. The molecule has 0 aliphatic rings. The molecular weight excluding hydrogens is 745 g/mol. The van der Waals surface area contributed by atoms with Gasteiger partial charge in [0.2, 0.25) is 0 Å². The van der Waals surface area contributed by atoms with Crippen molar-refractivity contribution in [1.82, 2.24) is 9.97 Å². The fourth-order valence-electron chi connectivity index (χ4n) is 4.78. The van der Waals surface area contributed by atoms with Crippen molar-refractivity contribution in [2.24, 2.45) is 0 Å². The van der Waals surface area contributed by atoms with E-state index >= 15 is 0 Å². The van der Waals surface area contributed by atoms with Crippen LogP contribution in [0, 0.1) is 6.07 Å². The Labute approximate surface area is 271 Å². The molecule has 2 heterocycles. The molecule has 0 bridgehead atoms. The van der Waals surface area contributed by atoms with Gasteiger partial charge < -0.3 is 10.1 Å². The average Bonchev–Trinajstić information content (AvgIpc) is 3.40. The van der Waals surface area contributed by atoms with E-state index in [1.54, 1.807) is 11.3 Å². The van der Waals surface area contributed by atoms with Crippen molar-refractivity contribution < 1.29 is 30.0 Å². The van der Waals surface area contributed by atoms with Crippen LogP contribution in [0.15, 0.2) is 109 Å². The van der Waals surface area contributed by atoms with E-state index in [9.17, 15) is 4.79 Å². The number of aliphatic hydroxyl groups excluding tert-OH is 1. The summed E-state index contributed by atoms with van der Waals surface area (Å²) in [5, 5.41) is 13.2. The first-order valence-electron chi connectivity index (χ1n) is 13.9. The zero-order valence-corrected chi connectivity index (χ0v) is 29.0. The average molecular weight is 778 g/mol. The van der Waals surface area contributed by atoms with E-state index in [-0.39, 0.29) is 31.6 Å². The topological polar surface area (TPSA) is 63.1 Å². The van der Waals surface area contributed by atoms with E-state index in [1.165, 1.54) is 41.6 Å². The summed E-state index contributed by atoms with van der Waals surface area (Å²) in [6, 6.07) is 35.8. The largest absolute Gasteiger partial charge is 0.512 e. The number of thiazole rings is 1. The van der Waals surface area contributed by atoms with E-state index in [1.807, 2.05) is 12.3 Å². The number of allylic oxidation sites excluding steroid dienone is 2. The van der Waals surface area contributed by atoms with E-state index in [2.05, 4.69) is 111 Å². The molecule has 0 aliphatic heterocycles. The normalized spacial score (nSPS) is 11.5. The zero-order valence-electron chi connectivity index (χ0n) is 24.8. The number of ketones is 1. The molecular formula is C36H33IrN2O2SSi-. The van der Waals surface area contributed by atoms with Crippen LogP contribution in [0.1, 0.15) is 13.8 Å². The summed E-state index contributed by atoms with van der Waals surface area (Å²) in [5.41, 5.74) is 6.31. The Bertz CT molecular complexity index is 1910. The monoisotopic (exact) mass is 778 g/mol. The molecule has 0 fully saturated rings. The Morgan fingerprint density at radius 1 is 0.884 bits per heavy atom. The fraction of sp³-hybridized carbons (Fsp3) is 0.139. The third kappa shape index (κ3) is 7.62.